The first kappa shape index (κ1) is 32.2. The summed E-state index contributed by atoms with van der Waals surface area (Å²) < 4.78 is 5.46. The fourth-order valence-electron chi connectivity index (χ4n) is 5.49. The maximum atomic E-state index is 13.8. The molecule has 0 aliphatic heterocycles. The molecule has 0 spiro atoms. The maximum absolute atomic E-state index is 13.8. The average molecular weight is 620 g/mol. The van der Waals surface area contributed by atoms with Gasteiger partial charge >= 0.3 is 0 Å². The summed E-state index contributed by atoms with van der Waals surface area (Å²) in [4.78, 5) is 40.9. The van der Waals surface area contributed by atoms with Crippen molar-refractivity contribution in [3.8, 4) is 5.75 Å². The summed E-state index contributed by atoms with van der Waals surface area (Å²) in [5.41, 5.74) is 2.55. The van der Waals surface area contributed by atoms with Crippen LogP contribution in [0.1, 0.15) is 53.1 Å². The van der Waals surface area contributed by atoms with Crippen LogP contribution in [0.5, 0.6) is 5.75 Å². The molecule has 2 amide bonds. The van der Waals surface area contributed by atoms with Crippen molar-refractivity contribution in [2.45, 2.75) is 44.9 Å². The van der Waals surface area contributed by atoms with Gasteiger partial charge in [0.25, 0.3) is 5.91 Å². The van der Waals surface area contributed by atoms with Crippen LogP contribution < -0.4 is 25.6 Å². The van der Waals surface area contributed by atoms with Crippen molar-refractivity contribution in [3.63, 3.8) is 0 Å². The Kier molecular flexibility index (Phi) is 11.0. The van der Waals surface area contributed by atoms with Gasteiger partial charge in [-0.1, -0.05) is 54.6 Å². The highest BCUT2D eigenvalue weighted by atomic mass is 16.5. The van der Waals surface area contributed by atoms with Gasteiger partial charge in [-0.2, -0.15) is 0 Å². The molecule has 0 aliphatic rings. The SMILES string of the molecule is COc1cccnc1N(C)CCC[C@H](NC(=O)c1ccc(CNCc2ncc[nH]2)cc1)C(=O)N[C@@H](C)c1cccc2ccccc12. The summed E-state index contributed by atoms with van der Waals surface area (Å²) in [5, 5.41) is 11.7. The first-order valence-corrected chi connectivity index (χ1v) is 15.5. The van der Waals surface area contributed by atoms with Crippen LogP contribution in [0.3, 0.4) is 0 Å². The van der Waals surface area contributed by atoms with Crippen molar-refractivity contribution >= 4 is 28.4 Å². The molecule has 0 saturated carbocycles. The molecule has 3 aromatic carbocycles. The predicted molar refractivity (Wildman–Crippen MR) is 181 cm³/mol. The van der Waals surface area contributed by atoms with Crippen molar-refractivity contribution in [2.75, 3.05) is 25.6 Å². The van der Waals surface area contributed by atoms with Gasteiger partial charge in [-0.05, 0) is 65.9 Å². The van der Waals surface area contributed by atoms with E-state index in [4.69, 9.17) is 4.74 Å². The molecule has 0 aliphatic carbocycles. The Bertz CT molecular complexity index is 1720. The van der Waals surface area contributed by atoms with Gasteiger partial charge in [-0.3, -0.25) is 9.59 Å². The summed E-state index contributed by atoms with van der Waals surface area (Å²) in [7, 11) is 3.55. The van der Waals surface area contributed by atoms with Crippen LogP contribution >= 0.6 is 0 Å². The van der Waals surface area contributed by atoms with Crippen LogP contribution in [0, 0.1) is 0 Å². The number of hydrogen-bond acceptors (Lipinski definition) is 7. The molecule has 5 aromatic rings. The number of ether oxygens (including phenoxy) is 1. The Labute approximate surface area is 269 Å². The minimum absolute atomic E-state index is 0.231. The van der Waals surface area contributed by atoms with Crippen LogP contribution in [-0.4, -0.2) is 53.5 Å². The van der Waals surface area contributed by atoms with E-state index < -0.39 is 6.04 Å². The number of carbonyl (C=O) groups excluding carboxylic acids is 2. The molecular formula is C36H41N7O3. The monoisotopic (exact) mass is 619 g/mol. The smallest absolute Gasteiger partial charge is 0.251 e. The van der Waals surface area contributed by atoms with Gasteiger partial charge in [0.15, 0.2) is 11.6 Å². The number of H-pyrrole nitrogens is 1. The van der Waals surface area contributed by atoms with E-state index in [2.05, 4.69) is 49.1 Å². The van der Waals surface area contributed by atoms with E-state index >= 15 is 0 Å². The van der Waals surface area contributed by atoms with Gasteiger partial charge in [0.05, 0.1) is 19.7 Å². The molecule has 2 heterocycles. The van der Waals surface area contributed by atoms with Crippen molar-refractivity contribution in [3.05, 3.63) is 120 Å². The van der Waals surface area contributed by atoms with Crippen LogP contribution in [0.2, 0.25) is 0 Å². The summed E-state index contributed by atoms with van der Waals surface area (Å²) in [6.07, 6.45) is 6.31. The number of nitrogens with zero attached hydrogens (tertiary/aromatic N) is 3. The molecule has 0 unspecified atom stereocenters. The lowest BCUT2D eigenvalue weighted by atomic mass is 9.99. The molecule has 4 N–H and O–H groups in total. The maximum Gasteiger partial charge on any atom is 0.251 e. The van der Waals surface area contributed by atoms with Gasteiger partial charge in [0, 0.05) is 44.3 Å². The summed E-state index contributed by atoms with van der Waals surface area (Å²) in [6, 6.07) is 24.3. The second-order valence-electron chi connectivity index (χ2n) is 11.3. The summed E-state index contributed by atoms with van der Waals surface area (Å²) in [6.45, 7) is 3.84. The molecule has 10 heteroatoms. The van der Waals surface area contributed by atoms with Gasteiger partial charge in [0.2, 0.25) is 5.91 Å². The normalized spacial score (nSPS) is 12.3. The second-order valence-corrected chi connectivity index (χ2v) is 11.3. The Balaban J connectivity index is 1.25. The van der Waals surface area contributed by atoms with Gasteiger partial charge < -0.3 is 30.6 Å². The van der Waals surface area contributed by atoms with E-state index in [-0.39, 0.29) is 17.9 Å². The number of fused-ring (bicyclic) bond motifs is 1. The number of pyridine rings is 1. The van der Waals surface area contributed by atoms with Crippen molar-refractivity contribution in [1.29, 1.82) is 0 Å². The molecule has 238 valence electrons. The average Bonchev–Trinajstić information content (AvgIpc) is 3.61. The second kappa shape index (κ2) is 15.7. The number of rotatable bonds is 15. The number of aromatic amines is 1. The minimum atomic E-state index is -0.737. The Morgan fingerprint density at radius 1 is 0.913 bits per heavy atom. The Morgan fingerprint density at radius 2 is 1.72 bits per heavy atom. The van der Waals surface area contributed by atoms with Crippen LogP contribution in [0.15, 0.2) is 97.5 Å². The van der Waals surface area contributed by atoms with E-state index in [1.165, 1.54) is 0 Å². The molecule has 0 radical (unpaired) electrons. The lowest BCUT2D eigenvalue weighted by Crippen LogP contribution is -2.47. The highest BCUT2D eigenvalue weighted by Crippen LogP contribution is 2.25. The number of methoxy groups -OCH3 is 1. The molecule has 2 aromatic heterocycles. The van der Waals surface area contributed by atoms with Crippen molar-refractivity contribution in [1.82, 2.24) is 30.9 Å². The fraction of sp³-hybridized carbons (Fsp3) is 0.278. The van der Waals surface area contributed by atoms with E-state index in [0.29, 0.717) is 43.8 Å². The summed E-state index contributed by atoms with van der Waals surface area (Å²) >= 11 is 0. The molecule has 2 atom stereocenters. The number of aromatic nitrogens is 3. The van der Waals surface area contributed by atoms with E-state index in [1.54, 1.807) is 37.8 Å². The molecule has 0 bridgehead atoms. The first-order chi connectivity index (χ1) is 22.4. The number of carbonyl (C=O) groups is 2. The Hall–Kier alpha value is -5.22. The molecule has 0 saturated heterocycles. The third kappa shape index (κ3) is 8.28. The molecule has 5 rings (SSSR count). The highest BCUT2D eigenvalue weighted by molar-refractivity contribution is 5.97. The number of anilines is 1. The molecule has 0 fully saturated rings. The zero-order valence-electron chi connectivity index (χ0n) is 26.5. The third-order valence-electron chi connectivity index (χ3n) is 7.98. The minimum Gasteiger partial charge on any atom is -0.493 e. The fourth-order valence-corrected chi connectivity index (χ4v) is 5.49. The summed E-state index contributed by atoms with van der Waals surface area (Å²) in [5.74, 6) is 1.73. The largest absolute Gasteiger partial charge is 0.493 e. The topological polar surface area (TPSA) is 124 Å². The quantitative estimate of drug-likeness (QED) is 0.128. The first-order valence-electron chi connectivity index (χ1n) is 15.5. The van der Waals surface area contributed by atoms with Gasteiger partial charge in [-0.15, -0.1) is 0 Å². The molecule has 46 heavy (non-hydrogen) atoms. The molecule has 10 nitrogen and oxygen atoms in total. The number of imidazole rings is 1. The van der Waals surface area contributed by atoms with E-state index in [0.717, 1.165) is 33.5 Å². The Morgan fingerprint density at radius 3 is 2.50 bits per heavy atom. The molecular weight excluding hydrogens is 578 g/mol. The van der Waals surface area contributed by atoms with Gasteiger partial charge in [-0.25, -0.2) is 9.97 Å². The number of hydrogen-bond donors (Lipinski definition) is 4. The van der Waals surface area contributed by atoms with Gasteiger partial charge in [0.1, 0.15) is 11.9 Å². The lowest BCUT2D eigenvalue weighted by Gasteiger charge is -2.24. The van der Waals surface area contributed by atoms with Crippen molar-refractivity contribution < 1.29 is 14.3 Å². The van der Waals surface area contributed by atoms with Crippen LogP contribution in [-0.2, 0) is 17.9 Å². The zero-order valence-corrected chi connectivity index (χ0v) is 26.5. The number of amides is 2. The highest BCUT2D eigenvalue weighted by Gasteiger charge is 2.24. The predicted octanol–water partition coefficient (Wildman–Crippen LogP) is 5.15. The standard InChI is InChI=1S/C36H41N7O3/c1-25(29-12-6-10-27-9-4-5-11-30(27)29)41-36(45)31(13-8-22-43(2)34-32(46-3)14-7-19-40-34)42-35(44)28-17-15-26(16-18-28)23-37-24-33-38-20-21-39-33/h4-7,9-12,14-21,25,31,37H,8,13,22-24H2,1-3H3,(H,38,39)(H,41,45)(H,42,44)/t25-,31-/m0/s1. The van der Waals surface area contributed by atoms with Crippen molar-refractivity contribution in [2.24, 2.45) is 0 Å². The van der Waals surface area contributed by atoms with E-state index in [9.17, 15) is 9.59 Å². The third-order valence-corrected chi connectivity index (χ3v) is 7.98. The number of nitrogens with one attached hydrogen (secondary N) is 4. The van der Waals surface area contributed by atoms with E-state index in [1.807, 2.05) is 67.4 Å². The lowest BCUT2D eigenvalue weighted by molar-refractivity contribution is -0.123. The van der Waals surface area contributed by atoms with Crippen LogP contribution in [0.4, 0.5) is 5.82 Å². The zero-order chi connectivity index (χ0) is 32.3. The van der Waals surface area contributed by atoms with Crippen LogP contribution in [0.25, 0.3) is 10.8 Å². The number of benzene rings is 3.